The number of benzene rings is 2. The second kappa shape index (κ2) is 7.95. The molecule has 2 aromatic carbocycles. The summed E-state index contributed by atoms with van der Waals surface area (Å²) in [6.45, 7) is 2.17. The Bertz CT molecular complexity index is 974. The molecule has 1 amide bonds. The van der Waals surface area contributed by atoms with Gasteiger partial charge in [-0.15, -0.1) is 0 Å². The third-order valence-corrected chi connectivity index (χ3v) is 7.38. The van der Waals surface area contributed by atoms with Crippen LogP contribution in [0.25, 0.3) is 0 Å². The second-order valence-electron chi connectivity index (χ2n) is 8.27. The first kappa shape index (κ1) is 20.0. The molecule has 2 aliphatic heterocycles. The number of amides is 1. The van der Waals surface area contributed by atoms with Gasteiger partial charge in [-0.1, -0.05) is 41.4 Å². The molecule has 2 fully saturated rings. The van der Waals surface area contributed by atoms with Gasteiger partial charge in [-0.3, -0.25) is 4.79 Å². The summed E-state index contributed by atoms with van der Waals surface area (Å²) >= 11 is 12.5. The van der Waals surface area contributed by atoms with Crippen molar-refractivity contribution in [3.8, 4) is 11.5 Å². The summed E-state index contributed by atoms with van der Waals surface area (Å²) in [4.78, 5) is 12.9. The fourth-order valence-electron chi connectivity index (χ4n) is 4.58. The van der Waals surface area contributed by atoms with Crippen LogP contribution in [-0.4, -0.2) is 32.5 Å². The van der Waals surface area contributed by atoms with Gasteiger partial charge >= 0.3 is 0 Å². The molecule has 2 atom stereocenters. The van der Waals surface area contributed by atoms with Crippen LogP contribution in [0.1, 0.15) is 36.3 Å². The zero-order valence-electron chi connectivity index (χ0n) is 16.5. The summed E-state index contributed by atoms with van der Waals surface area (Å²) in [5, 5.41) is 4.30. The van der Waals surface area contributed by atoms with E-state index in [1.54, 1.807) is 6.07 Å². The van der Waals surface area contributed by atoms with Crippen LogP contribution in [-0.2, 0) is 14.9 Å². The average Bonchev–Trinajstić information content (AvgIpc) is 3.42. The van der Waals surface area contributed by atoms with E-state index in [1.165, 1.54) is 0 Å². The minimum atomic E-state index is -0.174. The quantitative estimate of drug-likeness (QED) is 0.721. The van der Waals surface area contributed by atoms with E-state index in [-0.39, 0.29) is 30.0 Å². The van der Waals surface area contributed by atoms with Gasteiger partial charge in [0.15, 0.2) is 11.5 Å². The maximum absolute atomic E-state index is 12.9. The van der Waals surface area contributed by atoms with Crippen LogP contribution >= 0.6 is 23.2 Å². The molecule has 2 heterocycles. The average molecular weight is 448 g/mol. The Kier molecular flexibility index (Phi) is 5.30. The lowest BCUT2D eigenvalue weighted by atomic mass is 9.74. The van der Waals surface area contributed by atoms with E-state index in [2.05, 4.69) is 11.4 Å². The molecule has 0 bridgehead atoms. The van der Waals surface area contributed by atoms with Gasteiger partial charge in [0.25, 0.3) is 0 Å². The number of halogens is 2. The molecule has 0 spiro atoms. The van der Waals surface area contributed by atoms with Crippen molar-refractivity contribution in [1.29, 1.82) is 0 Å². The molecule has 158 valence electrons. The summed E-state index contributed by atoms with van der Waals surface area (Å²) < 4.78 is 16.6. The number of fused-ring (bicyclic) bond motifs is 1. The standard InChI is InChI=1S/C23H23Cl2NO4/c24-18-3-1-2-15(21(18)25)16-11-17(16)22(27)26-12-23(6-8-28-9-7-23)14-4-5-19-20(10-14)30-13-29-19/h1-5,10,16-17H,6-9,11-13H2,(H,26,27). The lowest BCUT2D eigenvalue weighted by Gasteiger charge is -2.38. The zero-order chi connectivity index (χ0) is 20.7. The third-order valence-electron chi connectivity index (χ3n) is 6.54. The predicted molar refractivity (Wildman–Crippen MR) is 115 cm³/mol. The van der Waals surface area contributed by atoms with Crippen molar-refractivity contribution >= 4 is 29.1 Å². The third kappa shape index (κ3) is 3.64. The summed E-state index contributed by atoms with van der Waals surface area (Å²) in [6, 6.07) is 11.7. The summed E-state index contributed by atoms with van der Waals surface area (Å²) in [5.74, 6) is 1.68. The largest absolute Gasteiger partial charge is 0.454 e. The van der Waals surface area contributed by atoms with Crippen LogP contribution in [0.5, 0.6) is 11.5 Å². The highest BCUT2D eigenvalue weighted by molar-refractivity contribution is 6.42. The molecule has 30 heavy (non-hydrogen) atoms. The molecule has 5 rings (SSSR count). The van der Waals surface area contributed by atoms with Crippen LogP contribution < -0.4 is 14.8 Å². The topological polar surface area (TPSA) is 56.8 Å². The molecular weight excluding hydrogens is 425 g/mol. The van der Waals surface area contributed by atoms with Gasteiger partial charge in [0.05, 0.1) is 10.0 Å². The zero-order valence-corrected chi connectivity index (χ0v) is 18.0. The molecule has 3 aliphatic rings. The fourth-order valence-corrected chi connectivity index (χ4v) is 5.03. The highest BCUT2D eigenvalue weighted by Gasteiger charge is 2.46. The molecule has 1 aliphatic carbocycles. The van der Waals surface area contributed by atoms with E-state index in [0.29, 0.717) is 29.8 Å². The molecule has 7 heteroatoms. The highest BCUT2D eigenvalue weighted by atomic mass is 35.5. The minimum absolute atomic E-state index is 0.0605. The summed E-state index contributed by atoms with van der Waals surface area (Å²) in [5.41, 5.74) is 1.94. The highest BCUT2D eigenvalue weighted by Crippen LogP contribution is 2.51. The monoisotopic (exact) mass is 447 g/mol. The van der Waals surface area contributed by atoms with Crippen LogP contribution in [0, 0.1) is 5.92 Å². The first-order chi connectivity index (χ1) is 14.6. The maximum atomic E-state index is 12.9. The Morgan fingerprint density at radius 2 is 1.90 bits per heavy atom. The predicted octanol–water partition coefficient (Wildman–Crippen LogP) is 4.69. The van der Waals surface area contributed by atoms with Gasteiger partial charge in [0.2, 0.25) is 12.7 Å². The molecule has 2 unspecified atom stereocenters. The Labute approximate surface area is 185 Å². The van der Waals surface area contributed by atoms with Crippen molar-refractivity contribution in [3.63, 3.8) is 0 Å². The van der Waals surface area contributed by atoms with Gasteiger partial charge in [-0.2, -0.15) is 0 Å². The van der Waals surface area contributed by atoms with Crippen molar-refractivity contribution in [2.75, 3.05) is 26.6 Å². The Morgan fingerprint density at radius 3 is 2.73 bits per heavy atom. The number of carbonyl (C=O) groups excluding carboxylic acids is 1. The number of hydrogen-bond donors (Lipinski definition) is 1. The van der Waals surface area contributed by atoms with Crippen molar-refractivity contribution in [3.05, 3.63) is 57.6 Å². The maximum Gasteiger partial charge on any atom is 0.231 e. The van der Waals surface area contributed by atoms with E-state index < -0.39 is 0 Å². The van der Waals surface area contributed by atoms with Crippen molar-refractivity contribution in [2.24, 2.45) is 5.92 Å². The molecule has 5 nitrogen and oxygen atoms in total. The first-order valence-corrected chi connectivity index (χ1v) is 11.0. The Hall–Kier alpha value is -1.95. The number of rotatable bonds is 5. The van der Waals surface area contributed by atoms with E-state index in [1.807, 2.05) is 24.3 Å². The number of nitrogens with one attached hydrogen (secondary N) is 1. The lowest BCUT2D eigenvalue weighted by molar-refractivity contribution is -0.122. The number of hydrogen-bond acceptors (Lipinski definition) is 4. The summed E-state index contributed by atoms with van der Waals surface area (Å²) in [7, 11) is 0. The van der Waals surface area contributed by atoms with E-state index >= 15 is 0 Å². The Morgan fingerprint density at radius 1 is 1.10 bits per heavy atom. The number of ether oxygens (including phenoxy) is 3. The Balaban J connectivity index is 1.30. The van der Waals surface area contributed by atoms with Gasteiger partial charge in [-0.25, -0.2) is 0 Å². The molecule has 0 aromatic heterocycles. The van der Waals surface area contributed by atoms with E-state index in [4.69, 9.17) is 37.4 Å². The molecule has 0 radical (unpaired) electrons. The van der Waals surface area contributed by atoms with Crippen molar-refractivity contribution in [2.45, 2.75) is 30.6 Å². The first-order valence-electron chi connectivity index (χ1n) is 10.3. The van der Waals surface area contributed by atoms with Gasteiger partial charge < -0.3 is 19.5 Å². The molecule has 1 N–H and O–H groups in total. The second-order valence-corrected chi connectivity index (χ2v) is 9.06. The van der Waals surface area contributed by atoms with Gasteiger partial charge in [0, 0.05) is 31.1 Å². The fraction of sp³-hybridized carbons (Fsp3) is 0.435. The molecule has 1 saturated heterocycles. The van der Waals surface area contributed by atoms with Gasteiger partial charge in [0.1, 0.15) is 0 Å². The van der Waals surface area contributed by atoms with Crippen LogP contribution in [0.2, 0.25) is 10.0 Å². The van der Waals surface area contributed by atoms with Crippen LogP contribution in [0.3, 0.4) is 0 Å². The van der Waals surface area contributed by atoms with E-state index in [9.17, 15) is 4.79 Å². The smallest absolute Gasteiger partial charge is 0.231 e. The molecule has 1 saturated carbocycles. The van der Waals surface area contributed by atoms with E-state index in [0.717, 1.165) is 41.9 Å². The van der Waals surface area contributed by atoms with Crippen molar-refractivity contribution in [1.82, 2.24) is 5.32 Å². The molecular formula is C23H23Cl2NO4. The lowest BCUT2D eigenvalue weighted by Crippen LogP contribution is -2.45. The van der Waals surface area contributed by atoms with Crippen molar-refractivity contribution < 1.29 is 19.0 Å². The normalized spacial score (nSPS) is 23.8. The van der Waals surface area contributed by atoms with Crippen LogP contribution in [0.4, 0.5) is 0 Å². The summed E-state index contributed by atoms with van der Waals surface area (Å²) in [6.07, 6.45) is 2.49. The molecule has 2 aromatic rings. The minimum Gasteiger partial charge on any atom is -0.454 e. The number of carbonyl (C=O) groups is 1. The van der Waals surface area contributed by atoms with Gasteiger partial charge in [-0.05, 0) is 54.5 Å². The SMILES string of the molecule is O=C(NCC1(c2ccc3c(c2)OCO3)CCOCC1)C1CC1c1cccc(Cl)c1Cl. The van der Waals surface area contributed by atoms with Crippen LogP contribution in [0.15, 0.2) is 36.4 Å².